The quantitative estimate of drug-likeness (QED) is 0.251. The SMILES string of the molecule is COc1cccc(CNc2ncc(-c3cccc([N+](=O)[O-])c3)n2C)c1O.O=C(O)C(=O)O. The number of aliphatic carboxylic acids is 2. The Hall–Kier alpha value is -4.61. The molecule has 1 heterocycles. The van der Waals surface area contributed by atoms with E-state index in [4.69, 9.17) is 24.5 Å². The van der Waals surface area contributed by atoms with E-state index in [-0.39, 0.29) is 11.4 Å². The van der Waals surface area contributed by atoms with E-state index in [9.17, 15) is 15.2 Å². The third-order valence-electron chi connectivity index (χ3n) is 4.26. The maximum atomic E-state index is 11.0. The Kier molecular flexibility index (Phi) is 7.71. The fourth-order valence-electron chi connectivity index (χ4n) is 2.67. The molecular weight excluding hydrogens is 424 g/mol. The average molecular weight is 444 g/mol. The highest BCUT2D eigenvalue weighted by Crippen LogP contribution is 2.30. The van der Waals surface area contributed by atoms with Crippen molar-refractivity contribution in [2.24, 2.45) is 7.05 Å². The molecule has 0 saturated heterocycles. The molecule has 0 saturated carbocycles. The largest absolute Gasteiger partial charge is 0.504 e. The van der Waals surface area contributed by atoms with Crippen molar-refractivity contribution in [3.8, 4) is 22.8 Å². The number of carbonyl (C=O) groups is 2. The molecule has 0 bridgehead atoms. The zero-order valence-corrected chi connectivity index (χ0v) is 17.1. The lowest BCUT2D eigenvalue weighted by Gasteiger charge is -2.11. The summed E-state index contributed by atoms with van der Waals surface area (Å²) in [6.45, 7) is 0.349. The maximum Gasteiger partial charge on any atom is 0.414 e. The highest BCUT2D eigenvalue weighted by Gasteiger charge is 2.13. The predicted molar refractivity (Wildman–Crippen MR) is 113 cm³/mol. The first-order valence-electron chi connectivity index (χ1n) is 8.97. The van der Waals surface area contributed by atoms with Gasteiger partial charge in [-0.3, -0.25) is 10.1 Å². The number of nitrogens with one attached hydrogen (secondary N) is 1. The van der Waals surface area contributed by atoms with E-state index in [1.807, 2.05) is 7.05 Å². The summed E-state index contributed by atoms with van der Waals surface area (Å²) in [7, 11) is 3.31. The minimum atomic E-state index is -1.82. The number of hydrogen-bond donors (Lipinski definition) is 4. The lowest BCUT2D eigenvalue weighted by molar-refractivity contribution is -0.384. The van der Waals surface area contributed by atoms with E-state index in [1.54, 1.807) is 41.1 Å². The van der Waals surface area contributed by atoms with Crippen LogP contribution in [-0.2, 0) is 23.2 Å². The summed E-state index contributed by atoms with van der Waals surface area (Å²) in [5.41, 5.74) is 2.14. The molecule has 0 aliphatic rings. The van der Waals surface area contributed by atoms with Crippen molar-refractivity contribution >= 4 is 23.6 Å². The summed E-state index contributed by atoms with van der Waals surface area (Å²) in [5.74, 6) is -2.59. The van der Waals surface area contributed by atoms with E-state index in [2.05, 4.69) is 10.3 Å². The summed E-state index contributed by atoms with van der Waals surface area (Å²) >= 11 is 0. The number of carboxylic acid groups (broad SMARTS) is 2. The lowest BCUT2D eigenvalue weighted by Crippen LogP contribution is -2.09. The molecule has 32 heavy (non-hydrogen) atoms. The normalized spacial score (nSPS) is 9.94. The maximum absolute atomic E-state index is 11.0. The highest BCUT2D eigenvalue weighted by molar-refractivity contribution is 6.27. The van der Waals surface area contributed by atoms with Gasteiger partial charge in [0.15, 0.2) is 11.5 Å². The summed E-state index contributed by atoms with van der Waals surface area (Å²) in [6, 6.07) is 11.7. The van der Waals surface area contributed by atoms with Crippen LogP contribution in [0.3, 0.4) is 0 Å². The number of hydrogen-bond acceptors (Lipinski definition) is 8. The Morgan fingerprint density at radius 3 is 2.44 bits per heavy atom. The molecule has 3 aromatic rings. The van der Waals surface area contributed by atoms with Crippen LogP contribution in [0.4, 0.5) is 11.6 Å². The van der Waals surface area contributed by atoms with E-state index >= 15 is 0 Å². The van der Waals surface area contributed by atoms with Crippen molar-refractivity contribution in [3.63, 3.8) is 0 Å². The second-order valence-corrected chi connectivity index (χ2v) is 6.27. The molecule has 0 aliphatic heterocycles. The van der Waals surface area contributed by atoms with Gasteiger partial charge in [0.2, 0.25) is 5.95 Å². The van der Waals surface area contributed by atoms with E-state index in [0.717, 1.165) is 5.69 Å². The number of aromatic nitrogens is 2. The number of rotatable bonds is 6. The fraction of sp³-hybridized carbons (Fsp3) is 0.150. The minimum absolute atomic E-state index is 0.0273. The van der Waals surface area contributed by atoms with Crippen LogP contribution >= 0.6 is 0 Å². The van der Waals surface area contributed by atoms with E-state index in [1.165, 1.54) is 19.2 Å². The van der Waals surface area contributed by atoms with Gasteiger partial charge in [-0.15, -0.1) is 0 Å². The Bertz CT molecular complexity index is 1130. The van der Waals surface area contributed by atoms with Crippen molar-refractivity contribution in [3.05, 3.63) is 64.3 Å². The van der Waals surface area contributed by atoms with Gasteiger partial charge in [-0.25, -0.2) is 14.6 Å². The molecule has 12 nitrogen and oxygen atoms in total. The van der Waals surface area contributed by atoms with Crippen LogP contribution in [-0.4, -0.2) is 48.8 Å². The zero-order valence-electron chi connectivity index (χ0n) is 17.1. The first-order valence-corrected chi connectivity index (χ1v) is 8.97. The lowest BCUT2D eigenvalue weighted by atomic mass is 10.1. The molecule has 12 heteroatoms. The van der Waals surface area contributed by atoms with Crippen molar-refractivity contribution in [1.29, 1.82) is 0 Å². The van der Waals surface area contributed by atoms with Crippen molar-refractivity contribution in [2.45, 2.75) is 6.54 Å². The smallest absolute Gasteiger partial charge is 0.414 e. The summed E-state index contributed by atoms with van der Waals surface area (Å²) < 4.78 is 6.90. The van der Waals surface area contributed by atoms with E-state index < -0.39 is 16.9 Å². The van der Waals surface area contributed by atoms with Gasteiger partial charge in [0.05, 0.1) is 23.9 Å². The number of anilines is 1. The number of ether oxygens (including phenoxy) is 1. The first-order chi connectivity index (χ1) is 15.1. The number of imidazole rings is 1. The topological polar surface area (TPSA) is 177 Å². The van der Waals surface area contributed by atoms with Gasteiger partial charge in [0, 0.05) is 36.9 Å². The van der Waals surface area contributed by atoms with Crippen LogP contribution in [0, 0.1) is 10.1 Å². The van der Waals surface area contributed by atoms with Crippen LogP contribution in [0.5, 0.6) is 11.5 Å². The Labute approximate surface area is 181 Å². The molecule has 1 aromatic heterocycles. The van der Waals surface area contributed by atoms with Gasteiger partial charge in [-0.2, -0.15) is 0 Å². The number of aromatic hydroxyl groups is 1. The number of benzene rings is 2. The molecule has 2 aromatic carbocycles. The second-order valence-electron chi connectivity index (χ2n) is 6.27. The Morgan fingerprint density at radius 1 is 1.19 bits per heavy atom. The van der Waals surface area contributed by atoms with Crippen LogP contribution in [0.2, 0.25) is 0 Å². The monoisotopic (exact) mass is 444 g/mol. The van der Waals surface area contributed by atoms with Gasteiger partial charge in [-0.05, 0) is 6.07 Å². The number of nitro benzene ring substituents is 1. The molecular formula is C20H20N4O8. The number of para-hydroxylation sites is 1. The van der Waals surface area contributed by atoms with Crippen molar-refractivity contribution < 1.29 is 34.6 Å². The summed E-state index contributed by atoms with van der Waals surface area (Å²) in [4.78, 5) is 33.1. The second kappa shape index (κ2) is 10.4. The molecule has 0 unspecified atom stereocenters. The number of phenolic OH excluding ortho intramolecular Hbond substituents is 1. The molecule has 168 valence electrons. The number of nitrogens with zero attached hydrogens (tertiary/aromatic N) is 3. The molecule has 0 radical (unpaired) electrons. The van der Waals surface area contributed by atoms with Gasteiger partial charge in [-0.1, -0.05) is 24.3 Å². The van der Waals surface area contributed by atoms with Crippen LogP contribution in [0.25, 0.3) is 11.3 Å². The summed E-state index contributed by atoms with van der Waals surface area (Å²) in [6.07, 6.45) is 1.65. The molecule has 0 fully saturated rings. The third-order valence-corrected chi connectivity index (χ3v) is 4.26. The number of methoxy groups -OCH3 is 1. The highest BCUT2D eigenvalue weighted by atomic mass is 16.6. The average Bonchev–Trinajstić information content (AvgIpc) is 3.13. The van der Waals surface area contributed by atoms with Gasteiger partial charge in [0.25, 0.3) is 5.69 Å². The molecule has 0 atom stereocenters. The van der Waals surface area contributed by atoms with Crippen molar-refractivity contribution in [2.75, 3.05) is 12.4 Å². The van der Waals surface area contributed by atoms with Crippen LogP contribution in [0.15, 0.2) is 48.7 Å². The molecule has 4 N–H and O–H groups in total. The Balaban J connectivity index is 0.000000534. The van der Waals surface area contributed by atoms with Gasteiger partial charge < -0.3 is 29.9 Å². The number of nitro groups is 1. The minimum Gasteiger partial charge on any atom is -0.504 e. The fourth-order valence-corrected chi connectivity index (χ4v) is 2.67. The molecule has 0 amide bonds. The van der Waals surface area contributed by atoms with E-state index in [0.29, 0.717) is 29.4 Å². The Morgan fingerprint density at radius 2 is 1.84 bits per heavy atom. The first kappa shape index (κ1) is 23.7. The number of carboxylic acids is 2. The summed E-state index contributed by atoms with van der Waals surface area (Å²) in [5, 5.41) is 39.0. The van der Waals surface area contributed by atoms with Crippen LogP contribution in [0.1, 0.15) is 5.56 Å². The predicted octanol–water partition coefficient (Wildman–Crippen LogP) is 2.48. The molecule has 0 spiro atoms. The molecule has 0 aliphatic carbocycles. The third kappa shape index (κ3) is 5.72. The number of non-ortho nitro benzene ring substituents is 1. The van der Waals surface area contributed by atoms with Crippen LogP contribution < -0.4 is 10.1 Å². The van der Waals surface area contributed by atoms with Gasteiger partial charge in [0.1, 0.15) is 0 Å². The molecule has 3 rings (SSSR count). The zero-order chi connectivity index (χ0) is 23.8. The standard InChI is InChI=1S/C18H18N4O4.C2H2O4/c1-21-15(12-5-3-7-14(9-12)22(24)25)11-20-18(21)19-10-13-6-4-8-16(26-2)17(13)23;3-1(4)2(5)6/h3-9,11,23H,10H2,1-2H3,(H,19,20);(H,3,4)(H,5,6). The van der Waals surface area contributed by atoms with Gasteiger partial charge >= 0.3 is 11.9 Å². The van der Waals surface area contributed by atoms with Crippen molar-refractivity contribution in [1.82, 2.24) is 9.55 Å². The number of phenols is 1.